The van der Waals surface area contributed by atoms with Gasteiger partial charge in [0.2, 0.25) is 5.91 Å². The zero-order chi connectivity index (χ0) is 22.7. The van der Waals surface area contributed by atoms with E-state index in [1.54, 1.807) is 38.6 Å². The van der Waals surface area contributed by atoms with Crippen LogP contribution in [0.5, 0.6) is 11.5 Å². The van der Waals surface area contributed by atoms with E-state index in [0.29, 0.717) is 40.1 Å². The Labute approximate surface area is 197 Å². The second-order valence-electron chi connectivity index (χ2n) is 7.60. The maximum atomic E-state index is 13.0. The number of hydrogen-bond acceptors (Lipinski definition) is 5. The molecule has 1 aliphatic rings. The minimum Gasteiger partial charge on any atom is -0.497 e. The Bertz CT molecular complexity index is 1120. The van der Waals surface area contributed by atoms with Crippen molar-refractivity contribution in [3.63, 3.8) is 0 Å². The molecule has 1 atom stereocenters. The molecule has 1 aromatic heterocycles. The van der Waals surface area contributed by atoms with Crippen molar-refractivity contribution in [3.8, 4) is 22.8 Å². The van der Waals surface area contributed by atoms with Crippen molar-refractivity contribution in [3.05, 3.63) is 64.1 Å². The number of nitrogens with zero attached hydrogens (tertiary/aromatic N) is 2. The number of oxazole rings is 1. The summed E-state index contributed by atoms with van der Waals surface area (Å²) in [6, 6.07) is 10.9. The predicted octanol–water partition coefficient (Wildman–Crippen LogP) is 5.96. The first kappa shape index (κ1) is 22.5. The molecular formula is C24H24Cl2N2O4. The van der Waals surface area contributed by atoms with Crippen molar-refractivity contribution in [2.24, 2.45) is 0 Å². The molecule has 32 heavy (non-hydrogen) atoms. The fraction of sp³-hybridized carbons (Fsp3) is 0.333. The van der Waals surface area contributed by atoms with Gasteiger partial charge in [0.05, 0.1) is 31.5 Å². The lowest BCUT2D eigenvalue weighted by atomic mass is 10.0. The average Bonchev–Trinajstić information content (AvgIpc) is 3.47. The summed E-state index contributed by atoms with van der Waals surface area (Å²) in [5.74, 6) is 2.57. The Morgan fingerprint density at radius 2 is 2.03 bits per heavy atom. The van der Waals surface area contributed by atoms with Crippen molar-refractivity contribution >= 4 is 29.1 Å². The minimum atomic E-state index is -0.0173. The van der Waals surface area contributed by atoms with Gasteiger partial charge in [0.1, 0.15) is 11.5 Å². The highest BCUT2D eigenvalue weighted by atomic mass is 35.5. The molecule has 168 valence electrons. The zero-order valence-corrected chi connectivity index (χ0v) is 19.4. The van der Waals surface area contributed by atoms with E-state index in [4.69, 9.17) is 37.1 Å². The highest BCUT2D eigenvalue weighted by Crippen LogP contribution is 2.39. The molecule has 1 fully saturated rings. The van der Waals surface area contributed by atoms with Crippen LogP contribution < -0.4 is 9.47 Å². The van der Waals surface area contributed by atoms with Crippen LogP contribution in [-0.4, -0.2) is 36.6 Å². The molecule has 0 aliphatic carbocycles. The van der Waals surface area contributed by atoms with E-state index < -0.39 is 0 Å². The van der Waals surface area contributed by atoms with E-state index in [-0.39, 0.29) is 11.9 Å². The van der Waals surface area contributed by atoms with E-state index in [1.807, 2.05) is 23.1 Å². The molecule has 6 nitrogen and oxygen atoms in total. The van der Waals surface area contributed by atoms with Gasteiger partial charge >= 0.3 is 0 Å². The summed E-state index contributed by atoms with van der Waals surface area (Å²) < 4.78 is 16.7. The van der Waals surface area contributed by atoms with Crippen LogP contribution in [0.3, 0.4) is 0 Å². The molecule has 0 N–H and O–H groups in total. The molecular weight excluding hydrogens is 451 g/mol. The van der Waals surface area contributed by atoms with E-state index in [1.165, 1.54) is 0 Å². The number of methoxy groups -OCH3 is 2. The molecule has 1 unspecified atom stereocenters. The van der Waals surface area contributed by atoms with Gasteiger partial charge in [-0.3, -0.25) is 4.79 Å². The van der Waals surface area contributed by atoms with Crippen molar-refractivity contribution in [1.82, 2.24) is 9.88 Å². The van der Waals surface area contributed by atoms with Crippen LogP contribution in [0.4, 0.5) is 0 Å². The highest BCUT2D eigenvalue weighted by Gasteiger charge is 2.32. The van der Waals surface area contributed by atoms with Gasteiger partial charge in [0.15, 0.2) is 11.7 Å². The molecule has 0 radical (unpaired) electrons. The lowest BCUT2D eigenvalue weighted by molar-refractivity contribution is -0.132. The van der Waals surface area contributed by atoms with Crippen LogP contribution in [0.15, 0.2) is 47.0 Å². The van der Waals surface area contributed by atoms with E-state index >= 15 is 0 Å². The first-order valence-electron chi connectivity index (χ1n) is 10.4. The minimum absolute atomic E-state index is 0.0173. The third kappa shape index (κ3) is 4.71. The smallest absolute Gasteiger partial charge is 0.223 e. The molecule has 1 saturated heterocycles. The number of ether oxygens (including phenoxy) is 2. The van der Waals surface area contributed by atoms with Gasteiger partial charge in [-0.05, 0) is 43.2 Å². The Balaban J connectivity index is 1.44. The number of rotatable bonds is 7. The third-order valence-electron chi connectivity index (χ3n) is 5.68. The molecule has 2 heterocycles. The fourth-order valence-electron chi connectivity index (χ4n) is 4.08. The molecule has 1 aliphatic heterocycles. The molecule has 0 bridgehead atoms. The molecule has 1 amide bonds. The number of carbonyl (C=O) groups excluding carboxylic acids is 1. The van der Waals surface area contributed by atoms with E-state index in [2.05, 4.69) is 4.98 Å². The van der Waals surface area contributed by atoms with Crippen LogP contribution in [0.25, 0.3) is 11.3 Å². The van der Waals surface area contributed by atoms with Gasteiger partial charge in [-0.25, -0.2) is 4.98 Å². The van der Waals surface area contributed by atoms with Gasteiger partial charge in [0.25, 0.3) is 0 Å². The quantitative estimate of drug-likeness (QED) is 0.422. The lowest BCUT2D eigenvalue weighted by Gasteiger charge is -2.26. The second-order valence-corrected chi connectivity index (χ2v) is 8.44. The van der Waals surface area contributed by atoms with Gasteiger partial charge in [-0.15, -0.1) is 0 Å². The van der Waals surface area contributed by atoms with Gasteiger partial charge in [0, 0.05) is 41.6 Å². The Hall–Kier alpha value is -2.70. The molecule has 8 heteroatoms. The number of carbonyl (C=O) groups is 1. The SMILES string of the molecule is COc1ccc(C2CCCN2C(=O)CCc2ncc(-c3ccc(Cl)cc3Cl)o2)c(OC)c1. The second kappa shape index (κ2) is 9.84. The zero-order valence-electron chi connectivity index (χ0n) is 17.9. The van der Waals surface area contributed by atoms with Crippen LogP contribution in [-0.2, 0) is 11.2 Å². The van der Waals surface area contributed by atoms with Crippen molar-refractivity contribution in [2.45, 2.75) is 31.7 Å². The highest BCUT2D eigenvalue weighted by molar-refractivity contribution is 6.36. The van der Waals surface area contributed by atoms with E-state index in [0.717, 1.165) is 36.4 Å². The Morgan fingerprint density at radius 1 is 1.19 bits per heavy atom. The third-order valence-corrected chi connectivity index (χ3v) is 6.22. The lowest BCUT2D eigenvalue weighted by Crippen LogP contribution is -2.31. The number of amides is 1. The van der Waals surface area contributed by atoms with Gasteiger partial charge in [-0.1, -0.05) is 23.2 Å². The number of benzene rings is 2. The summed E-state index contributed by atoms with van der Waals surface area (Å²) in [7, 11) is 3.25. The van der Waals surface area contributed by atoms with Crippen LogP contribution in [0.1, 0.15) is 36.8 Å². The van der Waals surface area contributed by atoms with Gasteiger partial charge in [-0.2, -0.15) is 0 Å². The maximum absolute atomic E-state index is 13.0. The van der Waals surface area contributed by atoms with Crippen LogP contribution in [0.2, 0.25) is 10.0 Å². The van der Waals surface area contributed by atoms with Gasteiger partial charge < -0.3 is 18.8 Å². The number of aryl methyl sites for hydroxylation is 1. The molecule has 2 aromatic carbocycles. The molecule has 3 aromatic rings. The number of hydrogen-bond donors (Lipinski definition) is 0. The van der Waals surface area contributed by atoms with E-state index in [9.17, 15) is 4.79 Å². The topological polar surface area (TPSA) is 64.8 Å². The van der Waals surface area contributed by atoms with Crippen molar-refractivity contribution in [2.75, 3.05) is 20.8 Å². The summed E-state index contributed by atoms with van der Waals surface area (Å²) in [4.78, 5) is 19.3. The first-order chi connectivity index (χ1) is 15.5. The standard InChI is InChI=1S/C24H24Cl2N2O4/c1-30-16-6-8-18(21(13-16)31-2)20-4-3-11-28(20)24(29)10-9-23-27-14-22(32-23)17-7-5-15(25)12-19(17)26/h5-8,12-14,20H,3-4,9-11H2,1-2H3. The normalized spacial score (nSPS) is 15.8. The summed E-state index contributed by atoms with van der Waals surface area (Å²) in [5.41, 5.74) is 1.71. The maximum Gasteiger partial charge on any atom is 0.223 e. The van der Waals surface area contributed by atoms with Crippen LogP contribution >= 0.6 is 23.2 Å². The number of halogens is 2. The Morgan fingerprint density at radius 3 is 2.78 bits per heavy atom. The monoisotopic (exact) mass is 474 g/mol. The molecule has 0 spiro atoms. The molecule has 0 saturated carbocycles. The van der Waals surface area contributed by atoms with Crippen LogP contribution in [0, 0.1) is 0 Å². The molecule has 4 rings (SSSR count). The Kier molecular flexibility index (Phi) is 6.92. The van der Waals surface area contributed by atoms with Crippen molar-refractivity contribution < 1.29 is 18.7 Å². The average molecular weight is 475 g/mol. The summed E-state index contributed by atoms with van der Waals surface area (Å²) in [6.45, 7) is 0.718. The summed E-state index contributed by atoms with van der Waals surface area (Å²) in [5, 5.41) is 1.04. The number of likely N-dealkylation sites (tertiary alicyclic amines) is 1. The summed E-state index contributed by atoms with van der Waals surface area (Å²) in [6.07, 6.45) is 4.18. The predicted molar refractivity (Wildman–Crippen MR) is 124 cm³/mol. The van der Waals surface area contributed by atoms with Crippen molar-refractivity contribution in [1.29, 1.82) is 0 Å². The summed E-state index contributed by atoms with van der Waals surface area (Å²) >= 11 is 12.2. The number of aromatic nitrogens is 1. The fourth-order valence-corrected chi connectivity index (χ4v) is 4.58. The first-order valence-corrected chi connectivity index (χ1v) is 11.2. The largest absolute Gasteiger partial charge is 0.497 e.